The van der Waals surface area contributed by atoms with Crippen LogP contribution < -0.4 is 5.32 Å². The molecule has 0 radical (unpaired) electrons. The third-order valence-electron chi connectivity index (χ3n) is 7.10. The van der Waals surface area contributed by atoms with Crippen molar-refractivity contribution in [2.45, 2.75) is 52.1 Å². The smallest absolute Gasteiger partial charge is 0.338 e. The SMILES string of the molecule is CCOC(=O)c1ccc(CN(Cc2ccc(C)cc2)S(=O)(=O)c2ccc(F)c(C(=O)Nc3c(C)cccc3CC)c2)cc1. The Labute approximate surface area is 252 Å². The maximum absolute atomic E-state index is 15.0. The number of hydrogen-bond donors (Lipinski definition) is 1. The topological polar surface area (TPSA) is 92.8 Å². The first-order chi connectivity index (χ1) is 20.5. The van der Waals surface area contributed by atoms with Crippen LogP contribution in [0.4, 0.5) is 10.1 Å². The van der Waals surface area contributed by atoms with Gasteiger partial charge < -0.3 is 10.1 Å². The fraction of sp³-hybridized carbons (Fsp3) is 0.235. The molecule has 43 heavy (non-hydrogen) atoms. The van der Waals surface area contributed by atoms with Crippen LogP contribution in [0, 0.1) is 19.7 Å². The van der Waals surface area contributed by atoms with Gasteiger partial charge in [-0.05, 0) is 79.8 Å². The number of carbonyl (C=O) groups excluding carboxylic acids is 2. The lowest BCUT2D eigenvalue weighted by molar-refractivity contribution is 0.0526. The van der Waals surface area contributed by atoms with Gasteiger partial charge >= 0.3 is 5.97 Å². The average molecular weight is 603 g/mol. The summed E-state index contributed by atoms with van der Waals surface area (Å²) in [5.74, 6) is -2.03. The number of nitrogens with one attached hydrogen (secondary N) is 1. The van der Waals surface area contributed by atoms with Crippen LogP contribution in [0.1, 0.15) is 62.4 Å². The zero-order valence-corrected chi connectivity index (χ0v) is 25.5. The van der Waals surface area contributed by atoms with Crippen molar-refractivity contribution in [1.82, 2.24) is 4.31 Å². The molecule has 1 amide bonds. The van der Waals surface area contributed by atoms with Crippen LogP contribution in [0.5, 0.6) is 0 Å². The summed E-state index contributed by atoms with van der Waals surface area (Å²) in [5.41, 5.74) is 4.68. The van der Waals surface area contributed by atoms with Gasteiger partial charge in [-0.25, -0.2) is 17.6 Å². The maximum Gasteiger partial charge on any atom is 0.338 e. The zero-order chi connectivity index (χ0) is 31.1. The van der Waals surface area contributed by atoms with Gasteiger partial charge in [0.15, 0.2) is 0 Å². The monoisotopic (exact) mass is 602 g/mol. The van der Waals surface area contributed by atoms with Gasteiger partial charge in [0.1, 0.15) is 5.82 Å². The van der Waals surface area contributed by atoms with Crippen molar-refractivity contribution in [3.05, 3.63) is 130 Å². The van der Waals surface area contributed by atoms with Gasteiger partial charge in [-0.1, -0.05) is 67.1 Å². The summed E-state index contributed by atoms with van der Waals surface area (Å²) in [4.78, 5) is 25.1. The Hall–Kier alpha value is -4.34. The van der Waals surface area contributed by atoms with E-state index in [0.29, 0.717) is 23.2 Å². The van der Waals surface area contributed by atoms with E-state index in [-0.39, 0.29) is 30.2 Å². The molecule has 9 heteroatoms. The minimum Gasteiger partial charge on any atom is -0.462 e. The van der Waals surface area contributed by atoms with Crippen LogP contribution in [0.2, 0.25) is 0 Å². The molecule has 0 aromatic heterocycles. The highest BCUT2D eigenvalue weighted by Crippen LogP contribution is 2.26. The number of benzene rings is 4. The summed E-state index contributed by atoms with van der Waals surface area (Å²) in [6.07, 6.45) is 0.656. The maximum atomic E-state index is 15.0. The molecule has 0 heterocycles. The van der Waals surface area contributed by atoms with Crippen LogP contribution in [-0.2, 0) is 34.3 Å². The number of rotatable bonds is 11. The summed E-state index contributed by atoms with van der Waals surface area (Å²) in [5, 5.41) is 2.78. The second-order valence-electron chi connectivity index (χ2n) is 10.2. The molecule has 0 aliphatic carbocycles. The van der Waals surface area contributed by atoms with E-state index in [1.54, 1.807) is 31.2 Å². The van der Waals surface area contributed by atoms with Crippen LogP contribution in [0.15, 0.2) is 89.8 Å². The lowest BCUT2D eigenvalue weighted by atomic mass is 10.1. The first-order valence-corrected chi connectivity index (χ1v) is 15.5. The predicted octanol–water partition coefficient (Wildman–Crippen LogP) is 6.83. The number of sulfonamides is 1. The minimum atomic E-state index is -4.21. The predicted molar refractivity (Wildman–Crippen MR) is 165 cm³/mol. The Morgan fingerprint density at radius 3 is 2.09 bits per heavy atom. The number of aryl methyl sites for hydroxylation is 3. The van der Waals surface area contributed by atoms with Gasteiger partial charge in [0.05, 0.1) is 22.6 Å². The zero-order valence-electron chi connectivity index (χ0n) is 24.7. The lowest BCUT2D eigenvalue weighted by Crippen LogP contribution is -2.30. The highest BCUT2D eigenvalue weighted by Gasteiger charge is 2.27. The van der Waals surface area contributed by atoms with Crippen molar-refractivity contribution in [3.8, 4) is 0 Å². The first kappa shape index (κ1) is 31.6. The molecular weight excluding hydrogens is 567 g/mol. The van der Waals surface area contributed by atoms with E-state index in [1.807, 2.05) is 63.2 Å². The first-order valence-electron chi connectivity index (χ1n) is 14.0. The normalized spacial score (nSPS) is 11.4. The summed E-state index contributed by atoms with van der Waals surface area (Å²) in [7, 11) is -4.21. The second-order valence-corrected chi connectivity index (χ2v) is 12.2. The molecule has 4 aromatic carbocycles. The summed E-state index contributed by atoms with van der Waals surface area (Å²) < 4.78 is 49.4. The molecule has 224 valence electrons. The van der Waals surface area contributed by atoms with Crippen molar-refractivity contribution in [3.63, 3.8) is 0 Å². The number of hydrogen-bond acceptors (Lipinski definition) is 5. The van der Waals surface area contributed by atoms with Gasteiger partial charge in [-0.2, -0.15) is 4.31 Å². The molecule has 0 spiro atoms. The standard InChI is InChI=1S/C34H35FN2O5S/c1-5-27-9-7-8-24(4)32(27)36-33(38)30-20-29(18-19-31(30)35)43(40,41)37(21-25-12-10-23(3)11-13-25)22-26-14-16-28(17-15-26)34(39)42-6-2/h7-20H,5-6,21-22H2,1-4H3,(H,36,38). The molecule has 4 rings (SSSR count). The number of nitrogens with zero attached hydrogens (tertiary/aromatic N) is 1. The Kier molecular flexibility index (Phi) is 10.1. The summed E-state index contributed by atoms with van der Waals surface area (Å²) in [6, 6.07) is 22.8. The van der Waals surface area contributed by atoms with E-state index < -0.39 is 27.7 Å². The summed E-state index contributed by atoms with van der Waals surface area (Å²) >= 11 is 0. The second kappa shape index (κ2) is 13.8. The van der Waals surface area contributed by atoms with Gasteiger partial charge in [0.2, 0.25) is 10.0 Å². The number of halogens is 1. The number of anilines is 1. The van der Waals surface area contributed by atoms with Gasteiger partial charge in [0, 0.05) is 18.8 Å². The molecular formula is C34H35FN2O5S. The fourth-order valence-electron chi connectivity index (χ4n) is 4.66. The van der Waals surface area contributed by atoms with Crippen molar-refractivity contribution in [2.24, 2.45) is 0 Å². The molecule has 0 fully saturated rings. The quantitative estimate of drug-likeness (QED) is 0.190. The van der Waals surface area contributed by atoms with E-state index in [9.17, 15) is 22.4 Å². The van der Waals surface area contributed by atoms with Gasteiger partial charge in [-0.3, -0.25) is 4.79 Å². The number of esters is 1. The summed E-state index contributed by atoms with van der Waals surface area (Å²) in [6.45, 7) is 7.70. The molecule has 7 nitrogen and oxygen atoms in total. The minimum absolute atomic E-state index is 0.0265. The third-order valence-corrected chi connectivity index (χ3v) is 8.89. The molecule has 1 N–H and O–H groups in total. The van der Waals surface area contributed by atoms with Gasteiger partial charge in [-0.15, -0.1) is 0 Å². The van der Waals surface area contributed by atoms with Crippen LogP contribution >= 0.6 is 0 Å². The van der Waals surface area contributed by atoms with E-state index in [0.717, 1.165) is 34.4 Å². The van der Waals surface area contributed by atoms with Crippen LogP contribution in [-0.4, -0.2) is 31.2 Å². The third kappa shape index (κ3) is 7.55. The van der Waals surface area contributed by atoms with E-state index in [2.05, 4.69) is 5.32 Å². The van der Waals surface area contributed by atoms with E-state index in [1.165, 1.54) is 10.4 Å². The van der Waals surface area contributed by atoms with Crippen molar-refractivity contribution < 1.29 is 27.1 Å². The Bertz CT molecular complexity index is 1720. The van der Waals surface area contributed by atoms with Gasteiger partial charge in [0.25, 0.3) is 5.91 Å². The van der Waals surface area contributed by atoms with Crippen LogP contribution in [0.25, 0.3) is 0 Å². The van der Waals surface area contributed by atoms with Crippen LogP contribution in [0.3, 0.4) is 0 Å². The van der Waals surface area contributed by atoms with Crippen molar-refractivity contribution in [2.75, 3.05) is 11.9 Å². The Morgan fingerprint density at radius 1 is 0.860 bits per heavy atom. The number of ether oxygens (including phenoxy) is 1. The fourth-order valence-corrected chi connectivity index (χ4v) is 6.10. The van der Waals surface area contributed by atoms with E-state index >= 15 is 0 Å². The number of carbonyl (C=O) groups is 2. The largest absolute Gasteiger partial charge is 0.462 e. The number of para-hydroxylation sites is 1. The molecule has 0 atom stereocenters. The van der Waals surface area contributed by atoms with E-state index in [4.69, 9.17) is 4.74 Å². The molecule has 0 bridgehead atoms. The molecule has 0 saturated carbocycles. The van der Waals surface area contributed by atoms with Crippen molar-refractivity contribution >= 4 is 27.6 Å². The Balaban J connectivity index is 1.68. The number of amides is 1. The average Bonchev–Trinajstić information content (AvgIpc) is 2.99. The highest BCUT2D eigenvalue weighted by atomic mass is 32.2. The lowest BCUT2D eigenvalue weighted by Gasteiger charge is -2.23. The molecule has 0 unspecified atom stereocenters. The van der Waals surface area contributed by atoms with Crippen molar-refractivity contribution in [1.29, 1.82) is 0 Å². The Morgan fingerprint density at radius 2 is 1.49 bits per heavy atom. The molecule has 0 aliphatic heterocycles. The molecule has 0 aliphatic rings. The highest BCUT2D eigenvalue weighted by molar-refractivity contribution is 7.89. The molecule has 4 aromatic rings. The molecule has 0 saturated heterocycles.